The van der Waals surface area contributed by atoms with Crippen LogP contribution in [0.15, 0.2) is 4.99 Å². The molecule has 1 aliphatic heterocycles. The van der Waals surface area contributed by atoms with Gasteiger partial charge in [0, 0.05) is 10.1 Å². The number of alkyl halides is 1. The fourth-order valence-corrected chi connectivity index (χ4v) is 7.23. The zero-order valence-corrected chi connectivity index (χ0v) is 13.4. The first-order valence-electron chi connectivity index (χ1n) is 7.25. The van der Waals surface area contributed by atoms with E-state index < -0.39 is 0 Å². The molecule has 2 atom stereocenters. The highest BCUT2D eigenvalue weighted by molar-refractivity contribution is 9.10. The molecule has 0 aromatic rings. The molecule has 1 amide bonds. The topological polar surface area (TPSA) is 41.5 Å². The van der Waals surface area contributed by atoms with Crippen molar-refractivity contribution in [2.24, 2.45) is 22.2 Å². The maximum atomic E-state index is 12.8. The van der Waals surface area contributed by atoms with Crippen molar-refractivity contribution in [3.8, 4) is 0 Å². The number of carbonyl (C=O) groups is 1. The lowest BCUT2D eigenvalue weighted by Gasteiger charge is -2.59. The number of hydrogen-bond donors (Lipinski definition) is 1. The molecule has 0 aromatic heterocycles. The van der Waals surface area contributed by atoms with Gasteiger partial charge in [0.15, 0.2) is 5.17 Å². The van der Waals surface area contributed by atoms with Crippen molar-refractivity contribution in [1.29, 1.82) is 0 Å². The van der Waals surface area contributed by atoms with Gasteiger partial charge in [0.25, 0.3) is 0 Å². The van der Waals surface area contributed by atoms with Gasteiger partial charge in [0.2, 0.25) is 5.91 Å². The normalized spacial score (nSPS) is 47.3. The van der Waals surface area contributed by atoms with Crippen molar-refractivity contribution in [1.82, 2.24) is 5.32 Å². The molecular formula is C14H19BrN2OS. The minimum absolute atomic E-state index is 0.112. The lowest BCUT2D eigenvalue weighted by Crippen LogP contribution is -2.58. The van der Waals surface area contributed by atoms with Gasteiger partial charge in [-0.2, -0.15) is 0 Å². The molecule has 5 rings (SSSR count). The van der Waals surface area contributed by atoms with Crippen LogP contribution < -0.4 is 5.32 Å². The molecule has 2 unspecified atom stereocenters. The van der Waals surface area contributed by atoms with Crippen LogP contribution >= 0.6 is 27.7 Å². The van der Waals surface area contributed by atoms with Crippen molar-refractivity contribution in [2.45, 2.75) is 42.8 Å². The highest BCUT2D eigenvalue weighted by atomic mass is 79.9. The first-order valence-corrected chi connectivity index (χ1v) is 9.03. The predicted molar refractivity (Wildman–Crippen MR) is 81.7 cm³/mol. The molecule has 5 aliphatic rings. The number of hydrogen-bond acceptors (Lipinski definition) is 3. The van der Waals surface area contributed by atoms with Gasteiger partial charge in [-0.1, -0.05) is 27.7 Å². The Morgan fingerprint density at radius 3 is 2.63 bits per heavy atom. The van der Waals surface area contributed by atoms with Gasteiger partial charge in [0.05, 0.1) is 12.0 Å². The van der Waals surface area contributed by atoms with E-state index >= 15 is 0 Å². The Bertz CT molecular complexity index is 450. The van der Waals surface area contributed by atoms with Gasteiger partial charge in [-0.15, -0.1) is 0 Å². The molecule has 0 spiro atoms. The molecule has 1 heterocycles. The summed E-state index contributed by atoms with van der Waals surface area (Å²) in [6.45, 7) is 0.848. The second-order valence-corrected chi connectivity index (χ2v) is 9.65. The standard InChI is InChI=1S/C14H19BrN2OS/c15-14-6-9-3-10(7-14)5-13(4-9,8-14)11(18)17-12-16-1-2-19-12/h9-10H,1-8H2,(H,16,17,18). The molecule has 4 aliphatic carbocycles. The van der Waals surface area contributed by atoms with Gasteiger partial charge >= 0.3 is 0 Å². The van der Waals surface area contributed by atoms with Crippen LogP contribution in [-0.4, -0.2) is 27.7 Å². The average Bonchev–Trinajstić information content (AvgIpc) is 2.78. The number of thioether (sulfide) groups is 1. The Kier molecular flexibility index (Phi) is 2.83. The second-order valence-electron chi connectivity index (χ2n) is 6.88. The summed E-state index contributed by atoms with van der Waals surface area (Å²) in [6, 6.07) is 0. The molecule has 4 saturated carbocycles. The molecule has 0 radical (unpaired) electrons. The van der Waals surface area contributed by atoms with Crippen LogP contribution in [0.1, 0.15) is 38.5 Å². The molecule has 1 N–H and O–H groups in total. The van der Waals surface area contributed by atoms with Crippen molar-refractivity contribution in [3.05, 3.63) is 0 Å². The van der Waals surface area contributed by atoms with E-state index in [1.807, 2.05) is 0 Å². The van der Waals surface area contributed by atoms with E-state index in [0.717, 1.165) is 48.6 Å². The number of aliphatic imine (C=N–C) groups is 1. The monoisotopic (exact) mass is 342 g/mol. The number of amides is 1. The van der Waals surface area contributed by atoms with E-state index in [0.29, 0.717) is 0 Å². The Morgan fingerprint density at radius 1 is 1.32 bits per heavy atom. The highest BCUT2D eigenvalue weighted by Crippen LogP contribution is 2.64. The zero-order valence-electron chi connectivity index (χ0n) is 11.0. The van der Waals surface area contributed by atoms with Gasteiger partial charge < -0.3 is 5.32 Å². The Balaban J connectivity index is 1.57. The van der Waals surface area contributed by atoms with Crippen molar-refractivity contribution in [2.75, 3.05) is 12.3 Å². The Labute approximate surface area is 126 Å². The maximum absolute atomic E-state index is 12.8. The lowest BCUT2D eigenvalue weighted by molar-refractivity contribution is -0.142. The number of halogens is 1. The van der Waals surface area contributed by atoms with Crippen LogP contribution in [0, 0.1) is 17.3 Å². The minimum atomic E-state index is -0.112. The summed E-state index contributed by atoms with van der Waals surface area (Å²) < 4.78 is 0.249. The van der Waals surface area contributed by atoms with Gasteiger partial charge in [-0.25, -0.2) is 0 Å². The van der Waals surface area contributed by atoms with E-state index in [2.05, 4.69) is 26.2 Å². The number of nitrogens with one attached hydrogen (secondary N) is 1. The summed E-state index contributed by atoms with van der Waals surface area (Å²) >= 11 is 5.64. The molecular weight excluding hydrogens is 324 g/mol. The van der Waals surface area contributed by atoms with Gasteiger partial charge in [-0.3, -0.25) is 9.79 Å². The average molecular weight is 343 g/mol. The summed E-state index contributed by atoms with van der Waals surface area (Å²) in [5.41, 5.74) is -0.112. The summed E-state index contributed by atoms with van der Waals surface area (Å²) in [5, 5.41) is 3.96. The van der Waals surface area contributed by atoms with Crippen LogP contribution in [0.3, 0.4) is 0 Å². The summed E-state index contributed by atoms with van der Waals surface area (Å²) in [4.78, 5) is 17.1. The summed E-state index contributed by atoms with van der Waals surface area (Å²) in [6.07, 6.45) is 7.11. The van der Waals surface area contributed by atoms with Crippen molar-refractivity contribution >= 4 is 38.8 Å². The van der Waals surface area contributed by atoms with Crippen molar-refractivity contribution in [3.63, 3.8) is 0 Å². The predicted octanol–water partition coefficient (Wildman–Crippen LogP) is 2.94. The van der Waals surface area contributed by atoms with E-state index in [4.69, 9.17) is 0 Å². The molecule has 0 aromatic carbocycles. The molecule has 19 heavy (non-hydrogen) atoms. The zero-order chi connectivity index (χ0) is 13.1. The number of nitrogens with zero attached hydrogens (tertiary/aromatic N) is 1. The molecule has 5 heteroatoms. The molecule has 104 valence electrons. The third-order valence-electron chi connectivity index (χ3n) is 5.28. The quantitative estimate of drug-likeness (QED) is 0.744. The minimum Gasteiger partial charge on any atom is -0.305 e. The van der Waals surface area contributed by atoms with E-state index in [1.54, 1.807) is 11.8 Å². The number of carbonyl (C=O) groups excluding carboxylic acids is 1. The van der Waals surface area contributed by atoms with Crippen LogP contribution in [0.4, 0.5) is 0 Å². The fraction of sp³-hybridized carbons (Fsp3) is 0.857. The van der Waals surface area contributed by atoms with Gasteiger partial charge in [-0.05, 0) is 50.4 Å². The van der Waals surface area contributed by atoms with E-state index in [1.165, 1.54) is 19.3 Å². The maximum Gasteiger partial charge on any atom is 0.232 e. The van der Waals surface area contributed by atoms with Crippen LogP contribution in [-0.2, 0) is 4.79 Å². The number of rotatable bonds is 1. The Hall–Kier alpha value is -0.0300. The molecule has 4 fully saturated rings. The van der Waals surface area contributed by atoms with Crippen LogP contribution in [0.5, 0.6) is 0 Å². The summed E-state index contributed by atoms with van der Waals surface area (Å²) in [5.74, 6) is 2.77. The summed E-state index contributed by atoms with van der Waals surface area (Å²) in [7, 11) is 0. The third kappa shape index (κ3) is 2.08. The molecule has 3 nitrogen and oxygen atoms in total. The van der Waals surface area contributed by atoms with Crippen LogP contribution in [0.25, 0.3) is 0 Å². The molecule has 0 saturated heterocycles. The lowest BCUT2D eigenvalue weighted by atomic mass is 9.49. The first-order chi connectivity index (χ1) is 9.07. The second kappa shape index (κ2) is 4.23. The van der Waals surface area contributed by atoms with E-state index in [-0.39, 0.29) is 15.6 Å². The van der Waals surface area contributed by atoms with Crippen molar-refractivity contribution < 1.29 is 4.79 Å². The van der Waals surface area contributed by atoms with Crippen LogP contribution in [0.2, 0.25) is 0 Å². The van der Waals surface area contributed by atoms with Gasteiger partial charge in [0.1, 0.15) is 0 Å². The fourth-order valence-electron chi connectivity index (χ4n) is 5.06. The molecule has 4 bridgehead atoms. The number of amidine groups is 1. The SMILES string of the molecule is O=C(NC1=NCCS1)C12CC3CC(CC(Br)(C3)C1)C2. The third-order valence-corrected chi connectivity index (χ3v) is 7.10. The first kappa shape index (κ1) is 12.7. The highest BCUT2D eigenvalue weighted by Gasteiger charge is 2.59. The smallest absolute Gasteiger partial charge is 0.232 e. The van der Waals surface area contributed by atoms with E-state index in [9.17, 15) is 4.79 Å². The Morgan fingerprint density at radius 2 is 2.05 bits per heavy atom. The largest absolute Gasteiger partial charge is 0.305 e.